The predicted molar refractivity (Wildman–Crippen MR) is 62.6 cm³/mol. The van der Waals surface area contributed by atoms with Crippen LogP contribution in [0, 0.1) is 3.70 Å². The van der Waals surface area contributed by atoms with Crippen molar-refractivity contribution in [3.05, 3.63) is 19.9 Å². The molecule has 0 saturated carbocycles. The van der Waals surface area contributed by atoms with E-state index in [0.717, 1.165) is 6.20 Å². The van der Waals surface area contributed by atoms with Crippen molar-refractivity contribution in [3.8, 4) is 0 Å². The Labute approximate surface area is 111 Å². The quantitative estimate of drug-likeness (QED) is 0.409. The van der Waals surface area contributed by atoms with E-state index in [0.29, 0.717) is 0 Å². The minimum absolute atomic E-state index is 0.0406. The SMILES string of the molecule is O=S(=O)(Cl)c1c(I)ncc(C(F)F)c1Br. The van der Waals surface area contributed by atoms with E-state index in [-0.39, 0.29) is 8.17 Å². The zero-order chi connectivity index (χ0) is 11.8. The second kappa shape index (κ2) is 4.76. The van der Waals surface area contributed by atoms with E-state index in [2.05, 4.69) is 20.9 Å². The molecule has 1 aromatic heterocycles. The number of aromatic nitrogens is 1. The molecule has 84 valence electrons. The van der Waals surface area contributed by atoms with Crippen molar-refractivity contribution >= 4 is 58.3 Å². The van der Waals surface area contributed by atoms with Gasteiger partial charge >= 0.3 is 0 Å². The van der Waals surface area contributed by atoms with E-state index < -0.39 is 25.9 Å². The molecule has 0 atom stereocenters. The second-order valence-electron chi connectivity index (χ2n) is 2.39. The summed E-state index contributed by atoms with van der Waals surface area (Å²) in [6, 6.07) is 0. The largest absolute Gasteiger partial charge is 0.266 e. The minimum atomic E-state index is -4.10. The Kier molecular flexibility index (Phi) is 4.29. The van der Waals surface area contributed by atoms with Crippen LogP contribution in [-0.2, 0) is 9.05 Å². The van der Waals surface area contributed by atoms with Crippen LogP contribution in [0.15, 0.2) is 15.6 Å². The molecule has 0 unspecified atom stereocenters. The topological polar surface area (TPSA) is 47.0 Å². The molecule has 0 amide bonds. The molecule has 0 aliphatic rings. The van der Waals surface area contributed by atoms with Gasteiger partial charge in [0.2, 0.25) is 0 Å². The maximum atomic E-state index is 12.4. The first kappa shape index (κ1) is 13.5. The molecule has 0 N–H and O–H groups in total. The minimum Gasteiger partial charge on any atom is -0.248 e. The van der Waals surface area contributed by atoms with Crippen molar-refractivity contribution < 1.29 is 17.2 Å². The highest BCUT2D eigenvalue weighted by Crippen LogP contribution is 2.35. The monoisotopic (exact) mass is 431 g/mol. The summed E-state index contributed by atoms with van der Waals surface area (Å²) >= 11 is 4.38. The Hall–Kier alpha value is 0.460. The third kappa shape index (κ3) is 2.98. The van der Waals surface area contributed by atoms with Crippen molar-refractivity contribution in [3.63, 3.8) is 0 Å². The van der Waals surface area contributed by atoms with E-state index >= 15 is 0 Å². The van der Waals surface area contributed by atoms with Crippen molar-refractivity contribution in [2.75, 3.05) is 0 Å². The van der Waals surface area contributed by atoms with Gasteiger partial charge in [-0.3, -0.25) is 0 Å². The van der Waals surface area contributed by atoms with E-state index in [1.807, 2.05) is 0 Å². The van der Waals surface area contributed by atoms with Gasteiger partial charge in [-0.15, -0.1) is 0 Å². The lowest BCUT2D eigenvalue weighted by atomic mass is 10.3. The first-order chi connectivity index (χ1) is 6.75. The molecule has 0 spiro atoms. The van der Waals surface area contributed by atoms with Crippen LogP contribution in [0.2, 0.25) is 0 Å². The van der Waals surface area contributed by atoms with Crippen LogP contribution in [0.1, 0.15) is 12.0 Å². The number of hydrogen-bond acceptors (Lipinski definition) is 3. The molecule has 0 aliphatic carbocycles. The van der Waals surface area contributed by atoms with Gasteiger partial charge in [0.1, 0.15) is 8.60 Å². The maximum Gasteiger partial charge on any atom is 0.266 e. The molecule has 1 rings (SSSR count). The van der Waals surface area contributed by atoms with Gasteiger partial charge in [-0.1, -0.05) is 0 Å². The lowest BCUT2D eigenvalue weighted by Crippen LogP contribution is -2.02. The second-order valence-corrected chi connectivity index (χ2v) is 6.70. The summed E-state index contributed by atoms with van der Waals surface area (Å²) in [5.41, 5.74) is -0.505. The zero-order valence-corrected chi connectivity index (χ0v) is 12.0. The fourth-order valence-electron chi connectivity index (χ4n) is 0.823. The van der Waals surface area contributed by atoms with E-state index in [9.17, 15) is 17.2 Å². The number of halogens is 5. The van der Waals surface area contributed by atoms with Crippen LogP contribution >= 0.6 is 49.2 Å². The van der Waals surface area contributed by atoms with Gasteiger partial charge in [0.25, 0.3) is 15.5 Å². The summed E-state index contributed by atoms with van der Waals surface area (Å²) in [6.45, 7) is 0. The molecule has 9 heteroatoms. The fraction of sp³-hybridized carbons (Fsp3) is 0.167. The molecular formula is C6H2BrClF2INO2S. The van der Waals surface area contributed by atoms with E-state index in [4.69, 9.17) is 10.7 Å². The predicted octanol–water partition coefficient (Wildman–Crippen LogP) is 3.31. The highest BCUT2D eigenvalue weighted by atomic mass is 127. The Morgan fingerprint density at radius 3 is 2.47 bits per heavy atom. The highest BCUT2D eigenvalue weighted by molar-refractivity contribution is 14.1. The van der Waals surface area contributed by atoms with Gasteiger partial charge in [-0.2, -0.15) is 0 Å². The number of pyridine rings is 1. The standard InChI is InChI=1S/C6H2BrClF2INO2S/c7-3-2(5(9)10)1-12-6(11)4(3)15(8,13)14/h1,5H. The third-order valence-corrected chi connectivity index (χ3v) is 5.08. The first-order valence-corrected chi connectivity index (χ1v) is 7.50. The highest BCUT2D eigenvalue weighted by Gasteiger charge is 2.25. The summed E-state index contributed by atoms with van der Waals surface area (Å²) in [6.07, 6.45) is -1.91. The lowest BCUT2D eigenvalue weighted by molar-refractivity contribution is 0.149. The molecule has 0 radical (unpaired) electrons. The molecule has 0 saturated heterocycles. The normalized spacial score (nSPS) is 12.1. The van der Waals surface area contributed by atoms with Gasteiger partial charge in [0.15, 0.2) is 0 Å². The van der Waals surface area contributed by atoms with Crippen molar-refractivity contribution in [2.24, 2.45) is 0 Å². The molecule has 3 nitrogen and oxygen atoms in total. The van der Waals surface area contributed by atoms with Crippen LogP contribution in [0.3, 0.4) is 0 Å². The molecular weight excluding hydrogens is 430 g/mol. The number of hydrogen-bond donors (Lipinski definition) is 0. The average Bonchev–Trinajstić information content (AvgIpc) is 2.00. The van der Waals surface area contributed by atoms with Crippen LogP contribution in [-0.4, -0.2) is 13.4 Å². The van der Waals surface area contributed by atoms with Crippen LogP contribution in [0.5, 0.6) is 0 Å². The molecule has 0 aliphatic heterocycles. The van der Waals surface area contributed by atoms with Crippen molar-refractivity contribution in [1.82, 2.24) is 4.98 Å². The first-order valence-electron chi connectivity index (χ1n) is 3.32. The van der Waals surface area contributed by atoms with Crippen LogP contribution in [0.4, 0.5) is 8.78 Å². The molecule has 1 heterocycles. The molecule has 0 fully saturated rings. The Bertz CT molecular complexity index is 496. The number of alkyl halides is 2. The molecule has 0 bridgehead atoms. The summed E-state index contributed by atoms with van der Waals surface area (Å²) < 4.78 is 46.8. The number of nitrogens with zero attached hydrogens (tertiary/aromatic N) is 1. The lowest BCUT2D eigenvalue weighted by Gasteiger charge is -2.07. The fourth-order valence-corrected chi connectivity index (χ4v) is 5.28. The molecule has 1 aromatic rings. The van der Waals surface area contributed by atoms with Gasteiger partial charge in [0, 0.05) is 16.9 Å². The maximum absolute atomic E-state index is 12.4. The summed E-state index contributed by atoms with van der Waals surface area (Å²) in [5, 5.41) is 0. The van der Waals surface area contributed by atoms with Crippen LogP contribution in [0.25, 0.3) is 0 Å². The van der Waals surface area contributed by atoms with Gasteiger partial charge in [-0.25, -0.2) is 22.2 Å². The Balaban J connectivity index is 3.59. The Morgan fingerprint density at radius 1 is 1.53 bits per heavy atom. The number of rotatable bonds is 2. The van der Waals surface area contributed by atoms with Crippen molar-refractivity contribution in [2.45, 2.75) is 11.3 Å². The summed E-state index contributed by atoms with van der Waals surface area (Å²) in [5.74, 6) is 0. The van der Waals surface area contributed by atoms with E-state index in [1.54, 1.807) is 22.6 Å². The van der Waals surface area contributed by atoms with Gasteiger partial charge in [0.05, 0.1) is 10.0 Å². The average molecular weight is 432 g/mol. The summed E-state index contributed by atoms with van der Waals surface area (Å²) in [4.78, 5) is 3.11. The Morgan fingerprint density at radius 2 is 2.07 bits per heavy atom. The van der Waals surface area contributed by atoms with Gasteiger partial charge in [-0.05, 0) is 38.5 Å². The summed E-state index contributed by atoms with van der Waals surface area (Å²) in [7, 11) is 1.00. The zero-order valence-electron chi connectivity index (χ0n) is 6.72. The van der Waals surface area contributed by atoms with Crippen molar-refractivity contribution in [1.29, 1.82) is 0 Å². The van der Waals surface area contributed by atoms with Crippen LogP contribution < -0.4 is 0 Å². The molecule has 0 aromatic carbocycles. The van der Waals surface area contributed by atoms with Gasteiger partial charge < -0.3 is 0 Å². The van der Waals surface area contributed by atoms with E-state index in [1.165, 1.54) is 0 Å². The molecule has 15 heavy (non-hydrogen) atoms. The smallest absolute Gasteiger partial charge is 0.248 e. The third-order valence-electron chi connectivity index (χ3n) is 1.44.